The lowest BCUT2D eigenvalue weighted by Crippen LogP contribution is -2.04. The first-order chi connectivity index (χ1) is 9.69. The fourth-order valence-electron chi connectivity index (χ4n) is 2.11. The predicted octanol–water partition coefficient (Wildman–Crippen LogP) is 3.91. The van der Waals surface area contributed by atoms with Crippen LogP contribution in [0.25, 0.3) is 11.1 Å². The summed E-state index contributed by atoms with van der Waals surface area (Å²) in [6, 6.07) is 10.2. The molecule has 0 fully saturated rings. The number of pyridine rings is 1. The average Bonchev–Trinajstić information content (AvgIpc) is 2.53. The molecule has 0 radical (unpaired) electrons. The molecule has 0 atom stereocenters. The third kappa shape index (κ3) is 2.87. The quantitative estimate of drug-likeness (QED) is 0.772. The second-order valence-electron chi connectivity index (χ2n) is 4.61. The topological polar surface area (TPSA) is 39.2 Å². The van der Waals surface area contributed by atoms with Crippen molar-refractivity contribution >= 4 is 5.78 Å². The Morgan fingerprint density at radius 3 is 2.65 bits per heavy atom. The number of nitrogens with zero attached hydrogens (tertiary/aromatic N) is 1. The van der Waals surface area contributed by atoms with Gasteiger partial charge in [-0.15, -0.1) is 0 Å². The molecule has 0 N–H and O–H groups in total. The maximum atomic E-state index is 11.8. The Morgan fingerprint density at radius 2 is 2.00 bits per heavy atom. The van der Waals surface area contributed by atoms with Crippen LogP contribution < -0.4 is 4.74 Å². The number of Topliss-reactive ketones (excluding diaryl/α,β-unsaturated/α-hetero) is 1. The Morgan fingerprint density at radius 1 is 1.20 bits per heavy atom. The summed E-state index contributed by atoms with van der Waals surface area (Å²) in [5.74, 6) is 0.534. The molecule has 1 aromatic heterocycles. The third-order valence-electron chi connectivity index (χ3n) is 3.33. The van der Waals surface area contributed by atoms with Crippen molar-refractivity contribution in [3.05, 3.63) is 47.8 Å². The SMILES string of the molecule is CCC(=O)c1ncc(-c2cccc(CC)c2)cc1OC. The van der Waals surface area contributed by atoms with Crippen LogP contribution in [0.5, 0.6) is 5.75 Å². The molecule has 0 aliphatic carbocycles. The van der Waals surface area contributed by atoms with Crippen LogP contribution in [0, 0.1) is 0 Å². The molecule has 0 saturated carbocycles. The Hall–Kier alpha value is -2.16. The van der Waals surface area contributed by atoms with Gasteiger partial charge in [0.05, 0.1) is 7.11 Å². The summed E-state index contributed by atoms with van der Waals surface area (Å²) in [6.07, 6.45) is 3.15. The van der Waals surface area contributed by atoms with E-state index in [1.54, 1.807) is 13.3 Å². The summed E-state index contributed by atoms with van der Waals surface area (Å²) in [5, 5.41) is 0. The van der Waals surface area contributed by atoms with Crippen LogP contribution in [0.2, 0.25) is 0 Å². The molecule has 0 saturated heterocycles. The van der Waals surface area contributed by atoms with Gasteiger partial charge >= 0.3 is 0 Å². The molecule has 2 aromatic rings. The molecule has 20 heavy (non-hydrogen) atoms. The number of methoxy groups -OCH3 is 1. The molecule has 0 aliphatic rings. The van der Waals surface area contributed by atoms with E-state index in [1.165, 1.54) is 5.56 Å². The minimum Gasteiger partial charge on any atom is -0.494 e. The van der Waals surface area contributed by atoms with E-state index in [0.717, 1.165) is 17.5 Å². The Bertz CT molecular complexity index is 620. The van der Waals surface area contributed by atoms with Crippen LogP contribution in [0.3, 0.4) is 0 Å². The Labute approximate surface area is 119 Å². The summed E-state index contributed by atoms with van der Waals surface area (Å²) in [6.45, 7) is 3.95. The highest BCUT2D eigenvalue weighted by Crippen LogP contribution is 2.26. The second-order valence-corrected chi connectivity index (χ2v) is 4.61. The lowest BCUT2D eigenvalue weighted by atomic mass is 10.0. The highest BCUT2D eigenvalue weighted by molar-refractivity contribution is 5.97. The number of hydrogen-bond acceptors (Lipinski definition) is 3. The van der Waals surface area contributed by atoms with Gasteiger partial charge in [-0.25, -0.2) is 4.98 Å². The van der Waals surface area contributed by atoms with E-state index in [4.69, 9.17) is 4.74 Å². The van der Waals surface area contributed by atoms with E-state index in [2.05, 4.69) is 24.0 Å². The van der Waals surface area contributed by atoms with Gasteiger partial charge in [0, 0.05) is 18.2 Å². The fourth-order valence-corrected chi connectivity index (χ4v) is 2.11. The zero-order valence-electron chi connectivity index (χ0n) is 12.1. The number of carbonyl (C=O) groups excluding carboxylic acids is 1. The highest BCUT2D eigenvalue weighted by Gasteiger charge is 2.13. The summed E-state index contributed by atoms with van der Waals surface area (Å²) in [5.41, 5.74) is 3.73. The first-order valence-corrected chi connectivity index (χ1v) is 6.86. The van der Waals surface area contributed by atoms with E-state index in [-0.39, 0.29) is 5.78 Å². The summed E-state index contributed by atoms with van der Waals surface area (Å²) < 4.78 is 5.30. The van der Waals surface area contributed by atoms with E-state index in [9.17, 15) is 4.79 Å². The molecule has 0 aliphatic heterocycles. The van der Waals surface area contributed by atoms with Crippen molar-refractivity contribution in [2.24, 2.45) is 0 Å². The van der Waals surface area contributed by atoms with Crippen molar-refractivity contribution in [2.75, 3.05) is 7.11 Å². The molecule has 0 bridgehead atoms. The zero-order chi connectivity index (χ0) is 14.5. The molecule has 0 amide bonds. The molecule has 104 valence electrons. The molecule has 0 spiro atoms. The number of rotatable bonds is 5. The normalized spacial score (nSPS) is 10.3. The second kappa shape index (κ2) is 6.33. The fraction of sp³-hybridized carbons (Fsp3) is 0.294. The van der Waals surface area contributed by atoms with Crippen LogP contribution in [0.15, 0.2) is 36.5 Å². The third-order valence-corrected chi connectivity index (χ3v) is 3.33. The monoisotopic (exact) mass is 269 g/mol. The average molecular weight is 269 g/mol. The smallest absolute Gasteiger partial charge is 0.184 e. The van der Waals surface area contributed by atoms with Crippen LogP contribution in [0.4, 0.5) is 0 Å². The molecule has 1 heterocycles. The summed E-state index contributed by atoms with van der Waals surface area (Å²) in [4.78, 5) is 16.1. The highest BCUT2D eigenvalue weighted by atomic mass is 16.5. The zero-order valence-corrected chi connectivity index (χ0v) is 12.1. The lowest BCUT2D eigenvalue weighted by molar-refractivity contribution is 0.0980. The van der Waals surface area contributed by atoms with Crippen molar-refractivity contribution in [3.8, 4) is 16.9 Å². The van der Waals surface area contributed by atoms with Gasteiger partial charge in [0.15, 0.2) is 5.78 Å². The number of aryl methyl sites for hydroxylation is 1. The molecular formula is C17H19NO2. The van der Waals surface area contributed by atoms with Gasteiger partial charge in [-0.2, -0.15) is 0 Å². The van der Waals surface area contributed by atoms with E-state index in [1.807, 2.05) is 25.1 Å². The predicted molar refractivity (Wildman–Crippen MR) is 80.2 cm³/mol. The molecule has 2 rings (SSSR count). The van der Waals surface area contributed by atoms with Crippen molar-refractivity contribution in [1.29, 1.82) is 0 Å². The number of ether oxygens (including phenoxy) is 1. The van der Waals surface area contributed by atoms with E-state index >= 15 is 0 Å². The van der Waals surface area contributed by atoms with E-state index in [0.29, 0.717) is 17.9 Å². The standard InChI is InChI=1S/C17H19NO2/c1-4-12-7-6-8-13(9-12)14-10-16(20-3)17(18-11-14)15(19)5-2/h6-11H,4-5H2,1-3H3. The minimum atomic E-state index is -0.00397. The molecular weight excluding hydrogens is 250 g/mol. The van der Waals surface area contributed by atoms with Gasteiger partial charge in [0.2, 0.25) is 0 Å². The number of ketones is 1. The lowest BCUT2D eigenvalue weighted by Gasteiger charge is -2.09. The van der Waals surface area contributed by atoms with Gasteiger partial charge in [-0.3, -0.25) is 4.79 Å². The Kier molecular flexibility index (Phi) is 4.51. The van der Waals surface area contributed by atoms with Crippen molar-refractivity contribution in [3.63, 3.8) is 0 Å². The maximum Gasteiger partial charge on any atom is 0.184 e. The summed E-state index contributed by atoms with van der Waals surface area (Å²) >= 11 is 0. The molecule has 0 unspecified atom stereocenters. The van der Waals surface area contributed by atoms with Crippen LogP contribution in [0.1, 0.15) is 36.3 Å². The van der Waals surface area contributed by atoms with Crippen LogP contribution in [-0.4, -0.2) is 17.9 Å². The van der Waals surface area contributed by atoms with Crippen molar-refractivity contribution in [2.45, 2.75) is 26.7 Å². The molecule has 1 aromatic carbocycles. The largest absolute Gasteiger partial charge is 0.494 e. The van der Waals surface area contributed by atoms with E-state index < -0.39 is 0 Å². The number of benzene rings is 1. The number of hydrogen-bond donors (Lipinski definition) is 0. The van der Waals surface area contributed by atoms with Crippen LogP contribution >= 0.6 is 0 Å². The van der Waals surface area contributed by atoms with Gasteiger partial charge in [0.25, 0.3) is 0 Å². The molecule has 3 heteroatoms. The number of carbonyl (C=O) groups is 1. The summed E-state index contributed by atoms with van der Waals surface area (Å²) in [7, 11) is 1.57. The number of aromatic nitrogens is 1. The van der Waals surface area contributed by atoms with Gasteiger partial charge in [-0.05, 0) is 23.6 Å². The minimum absolute atomic E-state index is 0.00397. The first kappa shape index (κ1) is 14.3. The van der Waals surface area contributed by atoms with Gasteiger partial charge in [0.1, 0.15) is 11.4 Å². The van der Waals surface area contributed by atoms with Crippen molar-refractivity contribution in [1.82, 2.24) is 4.98 Å². The molecule has 3 nitrogen and oxygen atoms in total. The maximum absolute atomic E-state index is 11.8. The van der Waals surface area contributed by atoms with Gasteiger partial charge in [-0.1, -0.05) is 38.1 Å². The first-order valence-electron chi connectivity index (χ1n) is 6.86. The van der Waals surface area contributed by atoms with Gasteiger partial charge < -0.3 is 4.74 Å². The Balaban J connectivity index is 2.45. The van der Waals surface area contributed by atoms with Crippen molar-refractivity contribution < 1.29 is 9.53 Å². The van der Waals surface area contributed by atoms with Crippen LogP contribution in [-0.2, 0) is 6.42 Å².